The van der Waals surface area contributed by atoms with Crippen molar-refractivity contribution in [2.45, 2.75) is 13.3 Å². The van der Waals surface area contributed by atoms with Crippen molar-refractivity contribution in [3.63, 3.8) is 0 Å². The van der Waals surface area contributed by atoms with Crippen LogP contribution in [-0.4, -0.2) is 9.97 Å². The molecule has 0 unspecified atom stereocenters. The summed E-state index contributed by atoms with van der Waals surface area (Å²) < 4.78 is 7.83. The van der Waals surface area contributed by atoms with Gasteiger partial charge in [-0.05, 0) is 60.9 Å². The van der Waals surface area contributed by atoms with Crippen LogP contribution in [-0.2, 0) is 6.42 Å². The number of aryl methyl sites for hydroxylation is 1. The molecule has 0 aliphatic heterocycles. The lowest BCUT2D eigenvalue weighted by Gasteiger charge is -2.05. The summed E-state index contributed by atoms with van der Waals surface area (Å²) in [4.78, 5) is 8.67. The monoisotopic (exact) mass is 471 g/mol. The molecule has 0 radical (unpaired) electrons. The summed E-state index contributed by atoms with van der Waals surface area (Å²) in [5.41, 5.74) is 6.78. The van der Waals surface area contributed by atoms with Gasteiger partial charge in [-0.25, -0.2) is 9.97 Å². The van der Waals surface area contributed by atoms with Gasteiger partial charge in [0.05, 0.1) is 13.7 Å². The summed E-state index contributed by atoms with van der Waals surface area (Å²) in [6.45, 7) is 2.03. The molecule has 2 rings (SSSR count). The van der Waals surface area contributed by atoms with Crippen molar-refractivity contribution in [3.8, 4) is 11.6 Å². The van der Waals surface area contributed by atoms with Crippen LogP contribution in [0.3, 0.4) is 0 Å². The van der Waals surface area contributed by atoms with E-state index in [4.69, 9.17) is 10.2 Å². The third-order valence-electron chi connectivity index (χ3n) is 2.15. The van der Waals surface area contributed by atoms with Crippen molar-refractivity contribution >= 4 is 60.3 Å². The van der Waals surface area contributed by atoms with Crippen molar-refractivity contribution in [3.05, 3.63) is 24.5 Å². The number of nitrogens with two attached hydrogens (primary N) is 1. The van der Waals surface area contributed by atoms with Gasteiger partial charge in [0.25, 0.3) is 0 Å². The van der Waals surface area contributed by atoms with E-state index in [0.717, 1.165) is 20.2 Å². The Hall–Kier alpha value is -0.150. The quantitative estimate of drug-likeness (QED) is 0.671. The maximum Gasteiger partial charge on any atom is 0.198 e. The van der Waals surface area contributed by atoms with Crippen molar-refractivity contribution in [2.24, 2.45) is 0 Å². The zero-order valence-corrected chi connectivity index (χ0v) is 14.1. The number of halogens is 3. The molecule has 90 valence electrons. The Balaban J connectivity index is 2.56. The third kappa shape index (κ3) is 2.65. The second-order valence-electron chi connectivity index (χ2n) is 3.28. The lowest BCUT2D eigenvalue weighted by atomic mass is 10.3. The van der Waals surface area contributed by atoms with Crippen LogP contribution in [0.25, 0.3) is 11.6 Å². The predicted octanol–water partition coefficient (Wildman–Crippen LogP) is 4.01. The van der Waals surface area contributed by atoms with Gasteiger partial charge in [0.15, 0.2) is 16.3 Å². The van der Waals surface area contributed by atoms with E-state index in [1.165, 1.54) is 0 Å². The summed E-state index contributed by atoms with van der Waals surface area (Å²) in [5, 5.41) is 0. The van der Waals surface area contributed by atoms with Gasteiger partial charge in [0, 0.05) is 6.07 Å². The van der Waals surface area contributed by atoms with Crippen LogP contribution in [0.5, 0.6) is 0 Å². The molecule has 2 aromatic rings. The molecule has 0 amide bonds. The molecule has 0 aliphatic rings. The fourth-order valence-corrected chi connectivity index (χ4v) is 2.51. The Morgan fingerprint density at radius 3 is 2.65 bits per heavy atom. The predicted molar refractivity (Wildman–Crippen MR) is 81.6 cm³/mol. The number of nitrogen functional groups attached to an aromatic ring is 1. The molecule has 7 heteroatoms. The smallest absolute Gasteiger partial charge is 0.198 e. The average molecular weight is 473 g/mol. The molecule has 0 fully saturated rings. The molecule has 0 aromatic carbocycles. The van der Waals surface area contributed by atoms with Crippen LogP contribution in [0.2, 0.25) is 0 Å². The highest BCUT2D eigenvalue weighted by Crippen LogP contribution is 2.32. The summed E-state index contributed by atoms with van der Waals surface area (Å²) >= 11 is 8.79. The highest BCUT2D eigenvalue weighted by molar-refractivity contribution is 14.1. The molecule has 2 heterocycles. The summed E-state index contributed by atoms with van der Waals surface area (Å²) in [6, 6.07) is 1.81. The molecule has 2 aromatic heterocycles. The molecule has 0 spiro atoms. The maximum atomic E-state index is 5.86. The van der Waals surface area contributed by atoms with Gasteiger partial charge in [0.2, 0.25) is 0 Å². The third-order valence-corrected chi connectivity index (χ3v) is 5.03. The molecule has 0 saturated carbocycles. The minimum Gasteiger partial charge on any atom is -0.445 e. The molecule has 0 saturated heterocycles. The van der Waals surface area contributed by atoms with Gasteiger partial charge in [0.1, 0.15) is 5.82 Å². The minimum absolute atomic E-state index is 0.482. The Morgan fingerprint density at radius 2 is 2.12 bits per heavy atom. The maximum absolute atomic E-state index is 5.86. The van der Waals surface area contributed by atoms with Crippen molar-refractivity contribution < 1.29 is 4.42 Å². The van der Waals surface area contributed by atoms with E-state index >= 15 is 0 Å². The van der Waals surface area contributed by atoms with Gasteiger partial charge in [-0.3, -0.25) is 0 Å². The molecular formula is C10H8Br2IN3O. The normalized spacial score (nSPS) is 10.8. The van der Waals surface area contributed by atoms with E-state index in [9.17, 15) is 0 Å². The molecule has 0 atom stereocenters. The van der Waals surface area contributed by atoms with Crippen molar-refractivity contribution in [2.75, 3.05) is 5.73 Å². The number of anilines is 1. The zero-order chi connectivity index (χ0) is 12.6. The number of nitrogens with zero attached hydrogens (tertiary/aromatic N) is 2. The minimum atomic E-state index is 0.482. The fourth-order valence-electron chi connectivity index (χ4n) is 1.31. The van der Waals surface area contributed by atoms with Crippen LogP contribution in [0.1, 0.15) is 12.6 Å². The van der Waals surface area contributed by atoms with Crippen molar-refractivity contribution in [1.82, 2.24) is 9.97 Å². The number of hydrogen-bond acceptors (Lipinski definition) is 4. The fraction of sp³-hybridized carbons (Fsp3) is 0.200. The first-order valence-electron chi connectivity index (χ1n) is 4.80. The van der Waals surface area contributed by atoms with Crippen LogP contribution >= 0.6 is 54.5 Å². The highest BCUT2D eigenvalue weighted by atomic mass is 127. The Morgan fingerprint density at radius 1 is 1.41 bits per heavy atom. The van der Waals surface area contributed by atoms with Gasteiger partial charge in [-0.2, -0.15) is 0 Å². The molecular weight excluding hydrogens is 465 g/mol. The van der Waals surface area contributed by atoms with Crippen LogP contribution in [0, 0.1) is 3.57 Å². The van der Waals surface area contributed by atoms with Crippen LogP contribution in [0.4, 0.5) is 5.82 Å². The van der Waals surface area contributed by atoms with Crippen molar-refractivity contribution in [1.29, 1.82) is 0 Å². The molecule has 17 heavy (non-hydrogen) atoms. The number of aromatic nitrogens is 2. The van der Waals surface area contributed by atoms with Gasteiger partial charge < -0.3 is 10.2 Å². The first-order valence-corrected chi connectivity index (χ1v) is 7.46. The highest BCUT2D eigenvalue weighted by Gasteiger charge is 2.14. The Kier molecular flexibility index (Phi) is 4.09. The first kappa shape index (κ1) is 13.3. The summed E-state index contributed by atoms with van der Waals surface area (Å²) in [5.74, 6) is 1.57. The van der Waals surface area contributed by atoms with E-state index in [0.29, 0.717) is 22.1 Å². The van der Waals surface area contributed by atoms with E-state index in [1.54, 1.807) is 0 Å². The molecule has 2 N–H and O–H groups in total. The SMILES string of the molecule is CCc1nc(-c2cc(Br)c(Br)o2)nc(N)c1I. The first-order chi connectivity index (χ1) is 8.02. The molecule has 0 aliphatic carbocycles. The summed E-state index contributed by atoms with van der Waals surface area (Å²) in [7, 11) is 0. The standard InChI is InChI=1S/C10H8Br2IN3O/c1-2-5-7(13)9(14)16-10(15-5)6-3-4(11)8(12)17-6/h3H,2H2,1H3,(H2,14,15,16). The van der Waals surface area contributed by atoms with E-state index in [2.05, 4.69) is 64.4 Å². The molecule has 4 nitrogen and oxygen atoms in total. The second kappa shape index (κ2) is 5.23. The lowest BCUT2D eigenvalue weighted by molar-refractivity contribution is 0.549. The topological polar surface area (TPSA) is 64.9 Å². The summed E-state index contributed by atoms with van der Waals surface area (Å²) in [6.07, 6.45) is 0.807. The lowest BCUT2D eigenvalue weighted by Crippen LogP contribution is -2.03. The van der Waals surface area contributed by atoms with E-state index < -0.39 is 0 Å². The van der Waals surface area contributed by atoms with Gasteiger partial charge in [-0.1, -0.05) is 6.92 Å². The largest absolute Gasteiger partial charge is 0.445 e. The van der Waals surface area contributed by atoms with E-state index in [1.807, 2.05) is 13.0 Å². The number of furan rings is 1. The van der Waals surface area contributed by atoms with Crippen LogP contribution < -0.4 is 5.73 Å². The van der Waals surface area contributed by atoms with E-state index in [-0.39, 0.29) is 0 Å². The Labute approximate surface area is 129 Å². The van der Waals surface area contributed by atoms with Gasteiger partial charge in [-0.15, -0.1) is 0 Å². The Bertz CT molecular complexity index is 551. The zero-order valence-electron chi connectivity index (χ0n) is 8.80. The van der Waals surface area contributed by atoms with Gasteiger partial charge >= 0.3 is 0 Å². The van der Waals surface area contributed by atoms with Crippen LogP contribution in [0.15, 0.2) is 19.6 Å². The second-order valence-corrected chi connectivity index (χ2v) is 5.93. The molecule has 0 bridgehead atoms. The average Bonchev–Trinajstić information content (AvgIpc) is 2.63. The number of hydrogen-bond donors (Lipinski definition) is 1. The number of rotatable bonds is 2.